The molecule has 1 fully saturated rings. The third kappa shape index (κ3) is 46.5. The van der Waals surface area contributed by atoms with E-state index in [1.807, 2.05) is 19.0 Å². The van der Waals surface area contributed by atoms with E-state index in [1.165, 1.54) is 77.0 Å². The van der Waals surface area contributed by atoms with Gasteiger partial charge in [0.25, 0.3) is 0 Å². The Morgan fingerprint density at radius 3 is 1.29 bits per heavy atom. The molecule has 0 aliphatic carbocycles. The second kappa shape index (κ2) is 44.9. The van der Waals surface area contributed by atoms with E-state index >= 15 is 0 Å². The standard InChI is InChI=1S/2C17H34O3.C10H19NO4/c2*1-2-3-4-8-11-14-17(19)20-16-13-10-7-5-6-9-12-15-18;1-11(2)6-5-9(12)14-7-8-3-4-10(13)15-8/h2*18H,2-16H2,1H3;8,10,13H,3-7H2,1-2H3/t;;8-,10+/m..0/s1. The van der Waals surface area contributed by atoms with Gasteiger partial charge in [-0.05, 0) is 59.0 Å². The molecule has 55 heavy (non-hydrogen) atoms. The molecule has 1 aliphatic heterocycles. The van der Waals surface area contributed by atoms with Gasteiger partial charge in [-0.15, -0.1) is 0 Å². The number of ether oxygens (including phenoxy) is 4. The molecular weight excluding hydrogens is 702 g/mol. The lowest BCUT2D eigenvalue weighted by atomic mass is 10.1. The summed E-state index contributed by atoms with van der Waals surface area (Å²) in [6.07, 6.45) is 29.5. The predicted octanol–water partition coefficient (Wildman–Crippen LogP) is 9.20. The van der Waals surface area contributed by atoms with E-state index in [1.54, 1.807) is 0 Å². The second-order valence-corrected chi connectivity index (χ2v) is 15.2. The number of rotatable bonds is 35. The molecule has 11 heteroatoms. The maximum absolute atomic E-state index is 11.4. The Hall–Kier alpha value is -1.79. The number of carbonyl (C=O) groups excluding carboxylic acids is 3. The number of hydrogen-bond donors (Lipinski definition) is 3. The molecule has 2 atom stereocenters. The number of unbranched alkanes of at least 4 members (excludes halogenated alkanes) is 20. The highest BCUT2D eigenvalue weighted by Gasteiger charge is 2.24. The van der Waals surface area contributed by atoms with Crippen LogP contribution in [0.15, 0.2) is 0 Å². The molecule has 0 unspecified atom stereocenters. The van der Waals surface area contributed by atoms with Crippen molar-refractivity contribution in [3.63, 3.8) is 0 Å². The van der Waals surface area contributed by atoms with Crippen molar-refractivity contribution in [2.75, 3.05) is 53.7 Å². The van der Waals surface area contributed by atoms with Crippen molar-refractivity contribution in [1.29, 1.82) is 0 Å². The first-order chi connectivity index (χ1) is 26.7. The Bertz CT molecular complexity index is 784. The number of carbonyl (C=O) groups is 3. The second-order valence-electron chi connectivity index (χ2n) is 15.2. The fourth-order valence-electron chi connectivity index (χ4n) is 5.84. The first kappa shape index (κ1) is 55.3. The van der Waals surface area contributed by atoms with Crippen molar-refractivity contribution in [3.05, 3.63) is 0 Å². The summed E-state index contributed by atoms with van der Waals surface area (Å²) in [5.74, 6) is -0.262. The molecule has 3 N–H and O–H groups in total. The monoisotopic (exact) mass is 790 g/mol. The molecule has 1 saturated heterocycles. The molecule has 0 radical (unpaired) electrons. The highest BCUT2D eigenvalue weighted by atomic mass is 16.6. The Balaban J connectivity index is 0. The molecular formula is C44H87NO10. The summed E-state index contributed by atoms with van der Waals surface area (Å²) < 4.78 is 20.6. The molecule has 1 aliphatic rings. The maximum atomic E-state index is 11.4. The smallest absolute Gasteiger partial charge is 0.307 e. The highest BCUT2D eigenvalue weighted by molar-refractivity contribution is 5.70. The summed E-state index contributed by atoms with van der Waals surface area (Å²) in [6.45, 7) is 7.13. The van der Waals surface area contributed by atoms with Crippen LogP contribution in [0.4, 0.5) is 0 Å². The van der Waals surface area contributed by atoms with Gasteiger partial charge in [-0.3, -0.25) is 14.4 Å². The average Bonchev–Trinajstić information content (AvgIpc) is 3.60. The summed E-state index contributed by atoms with van der Waals surface area (Å²) >= 11 is 0. The largest absolute Gasteiger partial charge is 0.466 e. The van der Waals surface area contributed by atoms with Crippen LogP contribution in [0, 0.1) is 0 Å². The first-order valence-corrected chi connectivity index (χ1v) is 22.4. The fourth-order valence-corrected chi connectivity index (χ4v) is 5.84. The van der Waals surface area contributed by atoms with Crippen molar-refractivity contribution < 1.29 is 48.7 Å². The van der Waals surface area contributed by atoms with Gasteiger partial charge in [0.05, 0.1) is 25.7 Å². The first-order valence-electron chi connectivity index (χ1n) is 22.4. The minimum atomic E-state index is -0.685. The van der Waals surface area contributed by atoms with E-state index < -0.39 is 6.29 Å². The molecule has 0 aromatic heterocycles. The fraction of sp³-hybridized carbons (Fsp3) is 0.932. The minimum absolute atomic E-state index is 0.0237. The van der Waals surface area contributed by atoms with Crippen molar-refractivity contribution in [1.82, 2.24) is 4.90 Å². The molecule has 0 aromatic rings. The molecule has 328 valence electrons. The topological polar surface area (TPSA) is 152 Å². The summed E-state index contributed by atoms with van der Waals surface area (Å²) in [5.41, 5.74) is 0. The van der Waals surface area contributed by atoms with E-state index in [9.17, 15) is 14.4 Å². The quantitative estimate of drug-likeness (QED) is 0.0320. The van der Waals surface area contributed by atoms with Crippen molar-refractivity contribution in [2.45, 2.75) is 212 Å². The zero-order valence-corrected chi connectivity index (χ0v) is 36.1. The normalized spacial score (nSPS) is 14.8. The van der Waals surface area contributed by atoms with Crippen LogP contribution in [0.3, 0.4) is 0 Å². The van der Waals surface area contributed by atoms with Crippen LogP contribution >= 0.6 is 0 Å². The van der Waals surface area contributed by atoms with Gasteiger partial charge in [-0.25, -0.2) is 0 Å². The third-order valence-electron chi connectivity index (χ3n) is 9.38. The van der Waals surface area contributed by atoms with Gasteiger partial charge >= 0.3 is 17.9 Å². The van der Waals surface area contributed by atoms with Crippen LogP contribution in [-0.2, 0) is 33.3 Å². The van der Waals surface area contributed by atoms with Crippen LogP contribution < -0.4 is 0 Å². The van der Waals surface area contributed by atoms with E-state index in [2.05, 4.69) is 13.8 Å². The summed E-state index contributed by atoms with van der Waals surface area (Å²) in [5, 5.41) is 26.4. The van der Waals surface area contributed by atoms with Crippen LogP contribution in [0.1, 0.15) is 200 Å². The van der Waals surface area contributed by atoms with Gasteiger partial charge in [-0.1, -0.05) is 129 Å². The molecule has 0 aromatic carbocycles. The third-order valence-corrected chi connectivity index (χ3v) is 9.38. The SMILES string of the molecule is CCCCCCCC(=O)OCCCCCCCCCO.CCCCCCCC(=O)OCCCCCCCCCO.CN(C)CCC(=O)OC[C@@H]1CC[C@H](O)O1. The Morgan fingerprint density at radius 2 is 0.909 bits per heavy atom. The Labute approximate surface area is 337 Å². The number of aliphatic hydroxyl groups excluding tert-OH is 3. The van der Waals surface area contributed by atoms with E-state index in [-0.39, 0.29) is 30.6 Å². The minimum Gasteiger partial charge on any atom is -0.466 e. The van der Waals surface area contributed by atoms with Crippen LogP contribution in [0.25, 0.3) is 0 Å². The molecule has 0 saturated carbocycles. The van der Waals surface area contributed by atoms with Gasteiger partial charge in [0.15, 0.2) is 6.29 Å². The Kier molecular flexibility index (Phi) is 45.2. The summed E-state index contributed by atoms with van der Waals surface area (Å²) in [4.78, 5) is 36.0. The number of aliphatic hydroxyl groups is 3. The van der Waals surface area contributed by atoms with Crippen LogP contribution in [0.2, 0.25) is 0 Å². The highest BCUT2D eigenvalue weighted by Crippen LogP contribution is 2.18. The zero-order valence-electron chi connectivity index (χ0n) is 36.1. The van der Waals surface area contributed by atoms with E-state index in [0.29, 0.717) is 58.7 Å². The van der Waals surface area contributed by atoms with Gasteiger partial charge in [0.2, 0.25) is 0 Å². The van der Waals surface area contributed by atoms with Gasteiger partial charge in [-0.2, -0.15) is 0 Å². The average molecular weight is 790 g/mol. The van der Waals surface area contributed by atoms with Crippen molar-refractivity contribution in [3.8, 4) is 0 Å². The van der Waals surface area contributed by atoms with Crippen LogP contribution in [-0.4, -0.2) is 104 Å². The lowest BCUT2D eigenvalue weighted by Gasteiger charge is -2.12. The lowest BCUT2D eigenvalue weighted by molar-refractivity contribution is -0.152. The predicted molar refractivity (Wildman–Crippen MR) is 222 cm³/mol. The zero-order chi connectivity index (χ0) is 41.0. The van der Waals surface area contributed by atoms with E-state index in [4.69, 9.17) is 34.3 Å². The van der Waals surface area contributed by atoms with Crippen LogP contribution in [0.5, 0.6) is 0 Å². The maximum Gasteiger partial charge on any atom is 0.307 e. The van der Waals surface area contributed by atoms with Gasteiger partial charge in [0.1, 0.15) is 6.61 Å². The number of hydrogen-bond acceptors (Lipinski definition) is 11. The molecule has 0 amide bonds. The molecule has 11 nitrogen and oxygen atoms in total. The van der Waals surface area contributed by atoms with E-state index in [0.717, 1.165) is 83.5 Å². The number of esters is 3. The summed E-state index contributed by atoms with van der Waals surface area (Å²) in [6, 6.07) is 0. The van der Waals surface area contributed by atoms with Crippen molar-refractivity contribution >= 4 is 17.9 Å². The molecule has 0 spiro atoms. The summed E-state index contributed by atoms with van der Waals surface area (Å²) in [7, 11) is 3.81. The lowest BCUT2D eigenvalue weighted by Crippen LogP contribution is -2.22. The molecule has 0 bridgehead atoms. The number of nitrogens with zero attached hydrogens (tertiary/aromatic N) is 1. The van der Waals surface area contributed by atoms with Crippen molar-refractivity contribution in [2.24, 2.45) is 0 Å². The molecule has 1 rings (SSSR count). The van der Waals surface area contributed by atoms with Gasteiger partial charge < -0.3 is 39.2 Å². The van der Waals surface area contributed by atoms with Gasteiger partial charge in [0, 0.05) is 39.0 Å². The molecule has 1 heterocycles. The Morgan fingerprint density at radius 1 is 0.527 bits per heavy atom.